The van der Waals surface area contributed by atoms with Gasteiger partial charge in [0.15, 0.2) is 0 Å². The molecule has 2 aliphatic heterocycles. The van der Waals surface area contributed by atoms with Crippen LogP contribution in [0.25, 0.3) is 10.4 Å². The molecule has 1 aromatic heterocycles. The predicted molar refractivity (Wildman–Crippen MR) is 116 cm³/mol. The quantitative estimate of drug-likeness (QED) is 0.646. The van der Waals surface area contributed by atoms with Crippen molar-refractivity contribution in [3.8, 4) is 10.4 Å². The van der Waals surface area contributed by atoms with E-state index in [-0.39, 0.29) is 24.4 Å². The number of piperidine rings is 1. The summed E-state index contributed by atoms with van der Waals surface area (Å²) in [5.41, 5.74) is 1.14. The minimum Gasteiger partial charge on any atom is -0.338 e. The van der Waals surface area contributed by atoms with Crippen molar-refractivity contribution in [2.75, 3.05) is 26.7 Å². The third-order valence-corrected chi connectivity index (χ3v) is 7.13. The van der Waals surface area contributed by atoms with Crippen molar-refractivity contribution >= 4 is 41.3 Å². The number of rotatable bonds is 4. The first-order valence-corrected chi connectivity index (χ1v) is 10.7. The van der Waals surface area contributed by atoms with Gasteiger partial charge < -0.3 is 9.80 Å². The summed E-state index contributed by atoms with van der Waals surface area (Å²) < 4.78 is 0. The molecule has 0 bridgehead atoms. The zero-order valence-corrected chi connectivity index (χ0v) is 18.0. The van der Waals surface area contributed by atoms with Gasteiger partial charge in [-0.2, -0.15) is 0 Å². The number of thiophene rings is 1. The molecule has 3 nitrogen and oxygen atoms in total. The zero-order chi connectivity index (χ0) is 18.1. The third-order valence-electron chi connectivity index (χ3n) is 5.66. The first kappa shape index (κ1) is 20.7. The largest absolute Gasteiger partial charge is 0.338 e. The van der Waals surface area contributed by atoms with Crippen molar-refractivity contribution in [1.29, 1.82) is 0 Å². The summed E-state index contributed by atoms with van der Waals surface area (Å²) in [4.78, 5) is 19.7. The van der Waals surface area contributed by atoms with Crippen molar-refractivity contribution < 1.29 is 4.79 Å². The standard InChI is InChI=1S/C21H25ClN2OS.ClH/c1-23-18(13-16(21(23)25)14-24-10-3-2-4-11-24)20-9-8-19(26-20)15-6-5-7-17(22)12-15;/h5-9,12,16,18H,2-4,10-11,13-14H2,1H3;1H/t16-,18+;/m0./s1. The van der Waals surface area contributed by atoms with Gasteiger partial charge in [0, 0.05) is 28.4 Å². The molecule has 0 aliphatic carbocycles. The summed E-state index contributed by atoms with van der Waals surface area (Å²) >= 11 is 7.91. The van der Waals surface area contributed by atoms with Crippen molar-refractivity contribution in [3.63, 3.8) is 0 Å². The van der Waals surface area contributed by atoms with Crippen LogP contribution in [0.3, 0.4) is 0 Å². The molecule has 2 fully saturated rings. The highest BCUT2D eigenvalue weighted by molar-refractivity contribution is 7.15. The Balaban J connectivity index is 0.00000210. The average molecular weight is 425 g/mol. The van der Waals surface area contributed by atoms with Crippen LogP contribution in [0.2, 0.25) is 5.02 Å². The molecular formula is C21H26Cl2N2OS. The molecule has 2 aliphatic rings. The topological polar surface area (TPSA) is 23.6 Å². The summed E-state index contributed by atoms with van der Waals surface area (Å²) in [6, 6.07) is 12.5. The molecule has 0 N–H and O–H groups in total. The molecule has 27 heavy (non-hydrogen) atoms. The van der Waals surface area contributed by atoms with Gasteiger partial charge in [-0.05, 0) is 62.2 Å². The number of likely N-dealkylation sites (tertiary alicyclic amines) is 2. The van der Waals surface area contributed by atoms with E-state index in [0.29, 0.717) is 5.91 Å². The Morgan fingerprint density at radius 3 is 2.67 bits per heavy atom. The van der Waals surface area contributed by atoms with Gasteiger partial charge in [-0.3, -0.25) is 4.79 Å². The fourth-order valence-corrected chi connectivity index (χ4v) is 5.56. The monoisotopic (exact) mass is 424 g/mol. The Hall–Kier alpha value is -1.07. The van der Waals surface area contributed by atoms with Gasteiger partial charge in [-0.1, -0.05) is 30.2 Å². The average Bonchev–Trinajstić information content (AvgIpc) is 3.24. The molecule has 6 heteroatoms. The van der Waals surface area contributed by atoms with Crippen LogP contribution < -0.4 is 0 Å². The first-order chi connectivity index (χ1) is 12.6. The van der Waals surface area contributed by atoms with Gasteiger partial charge in [0.2, 0.25) is 5.91 Å². The van der Waals surface area contributed by atoms with Gasteiger partial charge in [0.05, 0.1) is 12.0 Å². The van der Waals surface area contributed by atoms with Crippen LogP contribution in [0.5, 0.6) is 0 Å². The highest BCUT2D eigenvalue weighted by atomic mass is 35.5. The number of halogens is 2. The van der Waals surface area contributed by atoms with E-state index in [1.807, 2.05) is 30.1 Å². The Morgan fingerprint density at radius 2 is 1.93 bits per heavy atom. The second-order valence-corrected chi connectivity index (χ2v) is 9.02. The molecule has 0 saturated carbocycles. The SMILES string of the molecule is CN1C(=O)[C@H](CN2CCCCC2)C[C@@H]1c1ccc(-c2cccc(Cl)c2)s1.Cl. The molecular weight excluding hydrogens is 399 g/mol. The van der Waals surface area contributed by atoms with E-state index in [2.05, 4.69) is 23.1 Å². The zero-order valence-electron chi connectivity index (χ0n) is 15.6. The van der Waals surface area contributed by atoms with Crippen LogP contribution >= 0.6 is 35.3 Å². The smallest absolute Gasteiger partial charge is 0.227 e. The number of carbonyl (C=O) groups is 1. The Labute approximate surface area is 176 Å². The molecule has 3 heterocycles. The van der Waals surface area contributed by atoms with Crippen LogP contribution in [-0.2, 0) is 4.79 Å². The third kappa shape index (κ3) is 4.51. The predicted octanol–water partition coefficient (Wildman–Crippen LogP) is 5.50. The van der Waals surface area contributed by atoms with Crippen LogP contribution in [0, 0.1) is 5.92 Å². The lowest BCUT2D eigenvalue weighted by atomic mass is 10.0. The van der Waals surface area contributed by atoms with Crippen molar-refractivity contribution in [2.45, 2.75) is 31.7 Å². The highest BCUT2D eigenvalue weighted by Crippen LogP contribution is 2.41. The molecule has 2 atom stereocenters. The number of nitrogens with zero attached hydrogens (tertiary/aromatic N) is 2. The summed E-state index contributed by atoms with van der Waals surface area (Å²) in [6.07, 6.45) is 4.81. The van der Waals surface area contributed by atoms with Gasteiger partial charge in [-0.15, -0.1) is 23.7 Å². The fraction of sp³-hybridized carbons (Fsp3) is 0.476. The second kappa shape index (κ2) is 8.95. The van der Waals surface area contributed by atoms with E-state index < -0.39 is 0 Å². The second-order valence-electron chi connectivity index (χ2n) is 7.47. The number of hydrogen-bond acceptors (Lipinski definition) is 3. The van der Waals surface area contributed by atoms with E-state index in [4.69, 9.17) is 11.6 Å². The van der Waals surface area contributed by atoms with Gasteiger partial charge >= 0.3 is 0 Å². The van der Waals surface area contributed by atoms with Crippen molar-refractivity contribution in [2.24, 2.45) is 5.92 Å². The lowest BCUT2D eigenvalue weighted by molar-refractivity contribution is -0.131. The minimum atomic E-state index is 0. The van der Waals surface area contributed by atoms with Gasteiger partial charge in [-0.25, -0.2) is 0 Å². The molecule has 1 amide bonds. The molecule has 1 aromatic carbocycles. The fourth-order valence-electron chi connectivity index (χ4n) is 4.21. The van der Waals surface area contributed by atoms with Crippen molar-refractivity contribution in [3.05, 3.63) is 46.3 Å². The summed E-state index contributed by atoms with van der Waals surface area (Å²) in [7, 11) is 1.96. The highest BCUT2D eigenvalue weighted by Gasteiger charge is 2.39. The molecule has 0 radical (unpaired) electrons. The lowest BCUT2D eigenvalue weighted by Crippen LogP contribution is -2.36. The first-order valence-electron chi connectivity index (χ1n) is 9.46. The maximum Gasteiger partial charge on any atom is 0.227 e. The molecule has 2 saturated heterocycles. The number of carbonyl (C=O) groups excluding carboxylic acids is 1. The van der Waals surface area contributed by atoms with Crippen LogP contribution in [-0.4, -0.2) is 42.4 Å². The van der Waals surface area contributed by atoms with Crippen LogP contribution in [0.15, 0.2) is 36.4 Å². The Bertz CT molecular complexity index is 788. The Kier molecular flexibility index (Phi) is 6.85. The normalized spacial score (nSPS) is 23.5. The van der Waals surface area contributed by atoms with Crippen molar-refractivity contribution in [1.82, 2.24) is 9.80 Å². The maximum atomic E-state index is 12.8. The van der Waals surface area contributed by atoms with E-state index in [1.54, 1.807) is 11.3 Å². The number of amides is 1. The molecule has 0 unspecified atom stereocenters. The van der Waals surface area contributed by atoms with E-state index in [0.717, 1.165) is 36.6 Å². The number of hydrogen-bond donors (Lipinski definition) is 0. The molecule has 4 rings (SSSR count). The van der Waals surface area contributed by atoms with E-state index in [9.17, 15) is 4.79 Å². The van der Waals surface area contributed by atoms with E-state index >= 15 is 0 Å². The van der Waals surface area contributed by atoms with Gasteiger partial charge in [0.1, 0.15) is 0 Å². The summed E-state index contributed by atoms with van der Waals surface area (Å²) in [5.74, 6) is 0.443. The van der Waals surface area contributed by atoms with E-state index in [1.165, 1.54) is 29.0 Å². The van der Waals surface area contributed by atoms with Gasteiger partial charge in [0.25, 0.3) is 0 Å². The van der Waals surface area contributed by atoms with Crippen LogP contribution in [0.4, 0.5) is 0 Å². The minimum absolute atomic E-state index is 0. The Morgan fingerprint density at radius 1 is 1.15 bits per heavy atom. The maximum absolute atomic E-state index is 12.8. The summed E-state index contributed by atoms with van der Waals surface area (Å²) in [5, 5.41) is 0.757. The number of benzene rings is 1. The lowest BCUT2D eigenvalue weighted by Gasteiger charge is -2.28. The molecule has 2 aromatic rings. The molecule has 146 valence electrons. The summed E-state index contributed by atoms with van der Waals surface area (Å²) in [6.45, 7) is 3.22. The van der Waals surface area contributed by atoms with Crippen LogP contribution in [0.1, 0.15) is 36.6 Å². The molecule has 0 spiro atoms.